The summed E-state index contributed by atoms with van der Waals surface area (Å²) >= 11 is 3.43. The van der Waals surface area contributed by atoms with Crippen LogP contribution in [0.4, 0.5) is 11.4 Å². The van der Waals surface area contributed by atoms with E-state index in [9.17, 15) is 4.79 Å². The molecule has 6 heteroatoms. The lowest BCUT2D eigenvalue weighted by atomic mass is 10.2. The molecule has 3 aromatic rings. The highest BCUT2D eigenvalue weighted by atomic mass is 79.9. The van der Waals surface area contributed by atoms with Crippen LogP contribution in [0.25, 0.3) is 0 Å². The molecule has 0 saturated heterocycles. The summed E-state index contributed by atoms with van der Waals surface area (Å²) in [5, 5.41) is 6.09. The van der Waals surface area contributed by atoms with Crippen molar-refractivity contribution in [3.63, 3.8) is 0 Å². The summed E-state index contributed by atoms with van der Waals surface area (Å²) in [6.07, 6.45) is 5.03. The van der Waals surface area contributed by atoms with E-state index >= 15 is 0 Å². The van der Waals surface area contributed by atoms with Crippen LogP contribution in [0, 0.1) is 0 Å². The quantitative estimate of drug-likeness (QED) is 0.701. The van der Waals surface area contributed by atoms with Gasteiger partial charge in [-0.2, -0.15) is 0 Å². The van der Waals surface area contributed by atoms with Gasteiger partial charge in [-0.3, -0.25) is 14.8 Å². The molecule has 1 aromatic carbocycles. The first kappa shape index (κ1) is 16.1. The Labute approximate surface area is 148 Å². The Hall–Kier alpha value is -2.73. The molecule has 0 fully saturated rings. The van der Waals surface area contributed by atoms with E-state index in [4.69, 9.17) is 0 Å². The molecule has 0 aliphatic rings. The molecule has 0 saturated carbocycles. The van der Waals surface area contributed by atoms with Crippen LogP contribution >= 0.6 is 15.9 Å². The van der Waals surface area contributed by atoms with E-state index in [0.717, 1.165) is 21.4 Å². The highest BCUT2D eigenvalue weighted by Gasteiger charge is 2.08. The Morgan fingerprint density at radius 3 is 2.71 bits per heavy atom. The minimum absolute atomic E-state index is 0.225. The Kier molecular flexibility index (Phi) is 5.18. The second kappa shape index (κ2) is 7.70. The molecule has 0 unspecified atom stereocenters. The van der Waals surface area contributed by atoms with Crippen molar-refractivity contribution in [2.45, 2.75) is 6.54 Å². The Morgan fingerprint density at radius 1 is 1.04 bits per heavy atom. The van der Waals surface area contributed by atoms with Gasteiger partial charge in [0.2, 0.25) is 0 Å². The molecule has 2 heterocycles. The normalized spacial score (nSPS) is 10.2. The van der Waals surface area contributed by atoms with Gasteiger partial charge in [0.25, 0.3) is 5.91 Å². The summed E-state index contributed by atoms with van der Waals surface area (Å²) in [5.41, 5.74) is 3.03. The average molecular weight is 383 g/mol. The Morgan fingerprint density at radius 2 is 1.92 bits per heavy atom. The zero-order valence-electron chi connectivity index (χ0n) is 12.7. The van der Waals surface area contributed by atoms with Gasteiger partial charge in [-0.05, 0) is 42.0 Å². The van der Waals surface area contributed by atoms with Crippen molar-refractivity contribution < 1.29 is 4.79 Å². The summed E-state index contributed by atoms with van der Waals surface area (Å²) in [5.74, 6) is -0.225. The molecular weight excluding hydrogens is 368 g/mol. The minimum atomic E-state index is -0.225. The van der Waals surface area contributed by atoms with E-state index in [0.29, 0.717) is 12.2 Å². The van der Waals surface area contributed by atoms with Crippen LogP contribution in [0.15, 0.2) is 71.6 Å². The van der Waals surface area contributed by atoms with E-state index in [1.807, 2.05) is 42.5 Å². The van der Waals surface area contributed by atoms with Crippen molar-refractivity contribution in [1.29, 1.82) is 0 Å². The van der Waals surface area contributed by atoms with E-state index in [1.165, 1.54) is 0 Å². The van der Waals surface area contributed by atoms with Crippen molar-refractivity contribution >= 4 is 33.2 Å². The Balaban J connectivity index is 1.67. The highest BCUT2D eigenvalue weighted by molar-refractivity contribution is 9.10. The molecule has 0 aliphatic heterocycles. The van der Waals surface area contributed by atoms with Gasteiger partial charge in [-0.25, -0.2) is 0 Å². The number of pyridine rings is 2. The maximum atomic E-state index is 12.2. The number of halogens is 1. The number of hydrogen-bond acceptors (Lipinski definition) is 4. The minimum Gasteiger partial charge on any atom is -0.355 e. The number of benzene rings is 1. The predicted octanol–water partition coefficient (Wildman–Crippen LogP) is 3.91. The zero-order chi connectivity index (χ0) is 16.8. The van der Waals surface area contributed by atoms with Gasteiger partial charge >= 0.3 is 0 Å². The van der Waals surface area contributed by atoms with E-state index in [2.05, 4.69) is 36.5 Å². The van der Waals surface area contributed by atoms with Crippen molar-refractivity contribution in [1.82, 2.24) is 15.3 Å². The molecule has 0 spiro atoms. The number of nitrogens with zero attached hydrogens (tertiary/aromatic N) is 2. The van der Waals surface area contributed by atoms with Gasteiger partial charge in [-0.1, -0.05) is 28.1 Å². The van der Waals surface area contributed by atoms with Crippen molar-refractivity contribution in [2.75, 3.05) is 5.32 Å². The first-order chi connectivity index (χ1) is 11.7. The number of carbonyl (C=O) groups excluding carboxylic acids is 1. The monoisotopic (exact) mass is 382 g/mol. The zero-order valence-corrected chi connectivity index (χ0v) is 14.3. The molecule has 24 heavy (non-hydrogen) atoms. The molecule has 0 bridgehead atoms. The predicted molar refractivity (Wildman–Crippen MR) is 97.1 cm³/mol. The number of rotatable bonds is 5. The number of nitrogens with one attached hydrogen (secondary N) is 2. The van der Waals surface area contributed by atoms with Crippen LogP contribution in [0.2, 0.25) is 0 Å². The fraction of sp³-hybridized carbons (Fsp3) is 0.0556. The Bertz CT molecular complexity index is 839. The van der Waals surface area contributed by atoms with E-state index in [1.54, 1.807) is 24.7 Å². The van der Waals surface area contributed by atoms with Crippen LogP contribution < -0.4 is 10.6 Å². The third-order valence-corrected chi connectivity index (χ3v) is 3.77. The smallest absolute Gasteiger partial charge is 0.270 e. The summed E-state index contributed by atoms with van der Waals surface area (Å²) in [6, 6.07) is 15.1. The number of anilines is 2. The van der Waals surface area contributed by atoms with Crippen molar-refractivity contribution in [2.24, 2.45) is 0 Å². The second-order valence-corrected chi connectivity index (χ2v) is 6.02. The van der Waals surface area contributed by atoms with Crippen molar-refractivity contribution in [3.8, 4) is 0 Å². The maximum Gasteiger partial charge on any atom is 0.270 e. The lowest BCUT2D eigenvalue weighted by molar-refractivity contribution is 0.0946. The lowest BCUT2D eigenvalue weighted by Gasteiger charge is -2.09. The van der Waals surface area contributed by atoms with E-state index < -0.39 is 0 Å². The molecule has 5 nitrogen and oxygen atoms in total. The van der Waals surface area contributed by atoms with Crippen LogP contribution in [0.1, 0.15) is 16.1 Å². The average Bonchev–Trinajstić information content (AvgIpc) is 2.61. The molecule has 3 rings (SSSR count). The van der Waals surface area contributed by atoms with Gasteiger partial charge in [-0.15, -0.1) is 0 Å². The first-order valence-electron chi connectivity index (χ1n) is 7.36. The molecule has 1 amide bonds. The van der Waals surface area contributed by atoms with Crippen LogP contribution in [-0.2, 0) is 6.54 Å². The second-order valence-electron chi connectivity index (χ2n) is 5.11. The molecule has 0 atom stereocenters. The third kappa shape index (κ3) is 4.39. The number of carbonyl (C=O) groups is 1. The topological polar surface area (TPSA) is 66.9 Å². The summed E-state index contributed by atoms with van der Waals surface area (Å²) in [7, 11) is 0. The molecule has 0 aliphatic carbocycles. The molecule has 120 valence electrons. The standard InChI is InChI=1S/C18H15BrN4O/c19-14-4-1-5-15(9-14)23-16-6-8-21-17(10-16)18(24)22-12-13-3-2-7-20-11-13/h1-11H,12H2,(H,21,23)(H,22,24). The fourth-order valence-corrected chi connectivity index (χ4v) is 2.54. The number of aromatic nitrogens is 2. The largest absolute Gasteiger partial charge is 0.355 e. The highest BCUT2D eigenvalue weighted by Crippen LogP contribution is 2.20. The lowest BCUT2D eigenvalue weighted by Crippen LogP contribution is -2.23. The summed E-state index contributed by atoms with van der Waals surface area (Å²) < 4.78 is 0.982. The number of hydrogen-bond donors (Lipinski definition) is 2. The summed E-state index contributed by atoms with van der Waals surface area (Å²) in [4.78, 5) is 20.4. The molecule has 2 aromatic heterocycles. The summed E-state index contributed by atoms with van der Waals surface area (Å²) in [6.45, 7) is 0.414. The van der Waals surface area contributed by atoms with E-state index in [-0.39, 0.29) is 5.91 Å². The van der Waals surface area contributed by atoms with Crippen molar-refractivity contribution in [3.05, 3.63) is 82.9 Å². The van der Waals surface area contributed by atoms with Gasteiger partial charge in [0, 0.05) is 41.0 Å². The van der Waals surface area contributed by atoms with Gasteiger partial charge in [0.05, 0.1) is 0 Å². The molecule has 0 radical (unpaired) electrons. The SMILES string of the molecule is O=C(NCc1cccnc1)c1cc(Nc2cccc(Br)c2)ccn1. The maximum absolute atomic E-state index is 12.2. The number of amides is 1. The van der Waals surface area contributed by atoms with Gasteiger partial charge in [0.1, 0.15) is 5.69 Å². The molecular formula is C18H15BrN4O. The molecule has 2 N–H and O–H groups in total. The van der Waals surface area contributed by atoms with Crippen LogP contribution in [0.5, 0.6) is 0 Å². The van der Waals surface area contributed by atoms with Gasteiger partial charge < -0.3 is 10.6 Å². The van der Waals surface area contributed by atoms with Gasteiger partial charge in [0.15, 0.2) is 0 Å². The third-order valence-electron chi connectivity index (χ3n) is 3.28. The first-order valence-corrected chi connectivity index (χ1v) is 8.16. The van der Waals surface area contributed by atoms with Crippen LogP contribution in [0.3, 0.4) is 0 Å². The van der Waals surface area contributed by atoms with Crippen LogP contribution in [-0.4, -0.2) is 15.9 Å². The fourth-order valence-electron chi connectivity index (χ4n) is 2.14.